The molecule has 3 amide bonds. The number of benzene rings is 2. The zero-order valence-electron chi connectivity index (χ0n) is 17.7. The second kappa shape index (κ2) is 10.3. The summed E-state index contributed by atoms with van der Waals surface area (Å²) >= 11 is 6.16. The molecule has 0 radical (unpaired) electrons. The lowest BCUT2D eigenvalue weighted by atomic mass is 10.1. The molecule has 0 unspecified atom stereocenters. The molecule has 1 heterocycles. The van der Waals surface area contributed by atoms with E-state index in [4.69, 9.17) is 16.3 Å². The van der Waals surface area contributed by atoms with Crippen LogP contribution in [0.4, 0.5) is 0 Å². The predicted octanol–water partition coefficient (Wildman–Crippen LogP) is 2.44. The molecule has 8 heteroatoms. The monoisotopic (exact) mass is 443 g/mol. The van der Waals surface area contributed by atoms with E-state index in [0.29, 0.717) is 42.5 Å². The molecule has 0 aromatic heterocycles. The van der Waals surface area contributed by atoms with Crippen LogP contribution in [0.5, 0.6) is 5.75 Å². The molecule has 1 aliphatic heterocycles. The van der Waals surface area contributed by atoms with Crippen LogP contribution in [0, 0.1) is 13.8 Å². The molecule has 3 rings (SSSR count). The van der Waals surface area contributed by atoms with Gasteiger partial charge in [0, 0.05) is 36.8 Å². The van der Waals surface area contributed by atoms with E-state index in [9.17, 15) is 14.4 Å². The van der Waals surface area contributed by atoms with Gasteiger partial charge in [0.25, 0.3) is 11.8 Å². The third-order valence-electron chi connectivity index (χ3n) is 5.19. The Hall–Kier alpha value is -3.06. The third-order valence-corrected chi connectivity index (χ3v) is 5.79. The van der Waals surface area contributed by atoms with Crippen LogP contribution in [-0.2, 0) is 9.59 Å². The molecule has 0 aliphatic carbocycles. The molecule has 1 saturated heterocycles. The first kappa shape index (κ1) is 22.6. The van der Waals surface area contributed by atoms with Crippen molar-refractivity contribution in [3.05, 3.63) is 64.2 Å². The van der Waals surface area contributed by atoms with E-state index in [-0.39, 0.29) is 30.9 Å². The third kappa shape index (κ3) is 5.98. The largest absolute Gasteiger partial charge is 0.484 e. The van der Waals surface area contributed by atoms with Gasteiger partial charge in [0.1, 0.15) is 5.75 Å². The average molecular weight is 444 g/mol. The zero-order valence-corrected chi connectivity index (χ0v) is 18.4. The Morgan fingerprint density at radius 2 is 1.48 bits per heavy atom. The number of carbonyl (C=O) groups is 3. The summed E-state index contributed by atoms with van der Waals surface area (Å²) < 4.78 is 5.64. The van der Waals surface area contributed by atoms with Gasteiger partial charge in [-0.3, -0.25) is 14.4 Å². The van der Waals surface area contributed by atoms with Crippen molar-refractivity contribution in [3.8, 4) is 5.75 Å². The minimum atomic E-state index is -0.285. The van der Waals surface area contributed by atoms with Crippen molar-refractivity contribution >= 4 is 29.3 Å². The fraction of sp³-hybridized carbons (Fsp3) is 0.348. The average Bonchev–Trinajstić information content (AvgIpc) is 2.79. The lowest BCUT2D eigenvalue weighted by Gasteiger charge is -2.34. The van der Waals surface area contributed by atoms with Crippen LogP contribution in [0.1, 0.15) is 21.5 Å². The van der Waals surface area contributed by atoms with Crippen molar-refractivity contribution in [1.29, 1.82) is 0 Å². The minimum absolute atomic E-state index is 0.0679. The molecule has 1 aliphatic rings. The highest BCUT2D eigenvalue weighted by Crippen LogP contribution is 2.25. The lowest BCUT2D eigenvalue weighted by molar-refractivity contribution is -0.140. The van der Waals surface area contributed by atoms with Crippen molar-refractivity contribution in [2.24, 2.45) is 0 Å². The van der Waals surface area contributed by atoms with Crippen LogP contribution in [0.3, 0.4) is 0 Å². The predicted molar refractivity (Wildman–Crippen MR) is 118 cm³/mol. The summed E-state index contributed by atoms with van der Waals surface area (Å²) in [5.41, 5.74) is 2.31. The van der Waals surface area contributed by atoms with Gasteiger partial charge in [-0.15, -0.1) is 0 Å². The van der Waals surface area contributed by atoms with Crippen LogP contribution in [-0.4, -0.2) is 66.9 Å². The summed E-state index contributed by atoms with van der Waals surface area (Å²) in [4.78, 5) is 40.3. The molecule has 31 heavy (non-hydrogen) atoms. The Labute approximate surface area is 186 Å². The van der Waals surface area contributed by atoms with E-state index in [1.54, 1.807) is 34.1 Å². The van der Waals surface area contributed by atoms with E-state index in [1.807, 2.05) is 32.0 Å². The highest BCUT2D eigenvalue weighted by molar-refractivity contribution is 6.32. The summed E-state index contributed by atoms with van der Waals surface area (Å²) in [6.07, 6.45) is 0. The first-order chi connectivity index (χ1) is 14.8. The maximum Gasteiger partial charge on any atom is 0.260 e. The smallest absolute Gasteiger partial charge is 0.260 e. The minimum Gasteiger partial charge on any atom is -0.484 e. The normalized spacial score (nSPS) is 13.6. The van der Waals surface area contributed by atoms with Crippen molar-refractivity contribution in [3.63, 3.8) is 0 Å². The number of amides is 3. The molecular formula is C23H26ClN3O4. The molecule has 2 aromatic rings. The molecule has 1 fully saturated rings. The van der Waals surface area contributed by atoms with Crippen LogP contribution < -0.4 is 10.1 Å². The number of rotatable bonds is 6. The van der Waals surface area contributed by atoms with Crippen LogP contribution in [0.25, 0.3) is 0 Å². The van der Waals surface area contributed by atoms with Gasteiger partial charge in [-0.25, -0.2) is 0 Å². The van der Waals surface area contributed by atoms with Gasteiger partial charge >= 0.3 is 0 Å². The Balaban J connectivity index is 1.42. The number of nitrogens with zero attached hydrogens (tertiary/aromatic N) is 2. The van der Waals surface area contributed by atoms with Crippen molar-refractivity contribution in [2.75, 3.05) is 39.3 Å². The van der Waals surface area contributed by atoms with E-state index >= 15 is 0 Å². The van der Waals surface area contributed by atoms with Gasteiger partial charge < -0.3 is 19.9 Å². The summed E-state index contributed by atoms with van der Waals surface area (Å²) in [6.45, 7) is 5.35. The van der Waals surface area contributed by atoms with Crippen molar-refractivity contribution in [2.45, 2.75) is 13.8 Å². The molecule has 7 nitrogen and oxygen atoms in total. The van der Waals surface area contributed by atoms with Crippen LogP contribution >= 0.6 is 11.6 Å². The van der Waals surface area contributed by atoms with Crippen LogP contribution in [0.2, 0.25) is 5.02 Å². The second-order valence-electron chi connectivity index (χ2n) is 7.47. The maximum atomic E-state index is 12.5. The number of hydrogen-bond donors (Lipinski definition) is 1. The van der Waals surface area contributed by atoms with E-state index in [1.165, 1.54) is 0 Å². The Kier molecular flexibility index (Phi) is 7.52. The fourth-order valence-corrected chi connectivity index (χ4v) is 3.50. The summed E-state index contributed by atoms with van der Waals surface area (Å²) in [5, 5.41) is 3.34. The quantitative estimate of drug-likeness (QED) is 0.743. The lowest BCUT2D eigenvalue weighted by Crippen LogP contribution is -2.53. The highest BCUT2D eigenvalue weighted by atomic mass is 35.5. The first-order valence-corrected chi connectivity index (χ1v) is 10.5. The number of hydrogen-bond acceptors (Lipinski definition) is 4. The van der Waals surface area contributed by atoms with Gasteiger partial charge in [0.15, 0.2) is 6.61 Å². The standard InChI is InChI=1S/C23H26ClN3O4/c1-16-12-19(13-17(2)22(16)24)31-15-21(29)27-10-8-26(9-11-27)20(28)14-25-23(30)18-6-4-3-5-7-18/h3-7,12-13H,8-11,14-15H2,1-2H3,(H,25,30). The fourth-order valence-electron chi connectivity index (χ4n) is 3.39. The van der Waals surface area contributed by atoms with Gasteiger partial charge in [-0.2, -0.15) is 0 Å². The Bertz CT molecular complexity index is 934. The molecular weight excluding hydrogens is 418 g/mol. The summed E-state index contributed by atoms with van der Waals surface area (Å²) in [5.74, 6) is 0.0257. The molecule has 0 bridgehead atoms. The molecule has 1 N–H and O–H groups in total. The Morgan fingerprint density at radius 3 is 2.06 bits per heavy atom. The van der Waals surface area contributed by atoms with Crippen molar-refractivity contribution in [1.82, 2.24) is 15.1 Å². The van der Waals surface area contributed by atoms with E-state index in [2.05, 4.69) is 5.32 Å². The summed E-state index contributed by atoms with van der Waals surface area (Å²) in [6, 6.07) is 12.4. The number of carbonyl (C=O) groups excluding carboxylic acids is 3. The topological polar surface area (TPSA) is 79.0 Å². The zero-order chi connectivity index (χ0) is 22.4. The molecule has 2 aromatic carbocycles. The number of ether oxygens (including phenoxy) is 1. The molecule has 0 saturated carbocycles. The SMILES string of the molecule is Cc1cc(OCC(=O)N2CCN(C(=O)CNC(=O)c3ccccc3)CC2)cc(C)c1Cl. The summed E-state index contributed by atoms with van der Waals surface area (Å²) in [7, 11) is 0. The molecule has 164 valence electrons. The number of halogens is 1. The molecule has 0 atom stereocenters. The van der Waals surface area contributed by atoms with Gasteiger partial charge in [0.2, 0.25) is 5.91 Å². The van der Waals surface area contributed by atoms with Crippen LogP contribution in [0.15, 0.2) is 42.5 Å². The maximum absolute atomic E-state index is 12.5. The second-order valence-corrected chi connectivity index (χ2v) is 7.85. The number of nitrogens with one attached hydrogen (secondary N) is 1. The number of aryl methyl sites for hydroxylation is 2. The van der Waals surface area contributed by atoms with E-state index in [0.717, 1.165) is 11.1 Å². The Morgan fingerprint density at radius 1 is 0.935 bits per heavy atom. The van der Waals surface area contributed by atoms with Crippen molar-refractivity contribution < 1.29 is 19.1 Å². The van der Waals surface area contributed by atoms with Gasteiger partial charge in [-0.05, 0) is 49.2 Å². The van der Waals surface area contributed by atoms with E-state index < -0.39 is 0 Å². The van der Waals surface area contributed by atoms with Gasteiger partial charge in [-0.1, -0.05) is 29.8 Å². The van der Waals surface area contributed by atoms with Gasteiger partial charge in [0.05, 0.1) is 6.54 Å². The highest BCUT2D eigenvalue weighted by Gasteiger charge is 2.24. The number of piperazine rings is 1. The molecule has 0 spiro atoms. The first-order valence-electron chi connectivity index (χ1n) is 10.1.